The number of nitrogens with zero attached hydrogens (tertiary/aromatic N) is 1. The fraction of sp³-hybridized carbons (Fsp3) is 0.387. The van der Waals surface area contributed by atoms with Crippen molar-refractivity contribution in [2.24, 2.45) is 5.92 Å². The second-order valence-corrected chi connectivity index (χ2v) is 12.8. The fourth-order valence-electron chi connectivity index (χ4n) is 4.83. The second kappa shape index (κ2) is 14.3. The molecule has 4 rings (SSSR count). The van der Waals surface area contributed by atoms with Crippen LogP contribution in [0.15, 0.2) is 77.7 Å². The van der Waals surface area contributed by atoms with Crippen LogP contribution < -0.4 is 20.1 Å². The van der Waals surface area contributed by atoms with Gasteiger partial charge in [-0.25, -0.2) is 8.42 Å². The molecule has 3 aromatic carbocycles. The van der Waals surface area contributed by atoms with Crippen LogP contribution in [0.3, 0.4) is 0 Å². The molecular formula is C31H36F3N3O6S. The standard InChI is InChI=1S/C31H36F3N3O6S/c1-21(2)18-37(44(40,41)23-12-13-28-29(17-23)43-20-42-28)19-27(38)26(16-22-8-4-3-5-9-22)36-30(39)14-15-35-25-11-7-6-10-24(25)31(32,33)34/h3-13,17,21,26-27,35,38H,14-16,18-20H2,1-2H3,(H,36,39)/t26-,27+/m0/s1. The summed E-state index contributed by atoms with van der Waals surface area (Å²) in [7, 11) is -4.09. The van der Waals surface area contributed by atoms with Gasteiger partial charge < -0.3 is 25.2 Å². The summed E-state index contributed by atoms with van der Waals surface area (Å²) in [6.07, 6.45) is -5.87. The molecule has 1 amide bonds. The molecule has 0 saturated heterocycles. The number of sulfonamides is 1. The molecule has 0 aliphatic carbocycles. The number of rotatable bonds is 14. The highest BCUT2D eigenvalue weighted by Gasteiger charge is 2.34. The van der Waals surface area contributed by atoms with Crippen LogP contribution in [-0.4, -0.2) is 62.3 Å². The van der Waals surface area contributed by atoms with Crippen LogP contribution in [0.4, 0.5) is 18.9 Å². The van der Waals surface area contributed by atoms with E-state index in [4.69, 9.17) is 9.47 Å². The molecule has 238 valence electrons. The Balaban J connectivity index is 1.49. The van der Waals surface area contributed by atoms with Crippen LogP contribution in [0.5, 0.6) is 11.5 Å². The number of aliphatic hydroxyl groups excluding tert-OH is 1. The lowest BCUT2D eigenvalue weighted by atomic mass is 10.0. The molecule has 1 aliphatic rings. The molecular weight excluding hydrogens is 599 g/mol. The van der Waals surface area contributed by atoms with Crippen LogP contribution in [0.1, 0.15) is 31.4 Å². The largest absolute Gasteiger partial charge is 0.454 e. The Labute approximate surface area is 255 Å². The first-order chi connectivity index (χ1) is 20.8. The summed E-state index contributed by atoms with van der Waals surface area (Å²) >= 11 is 0. The van der Waals surface area contributed by atoms with Crippen LogP contribution in [0.2, 0.25) is 0 Å². The number of ether oxygens (including phenoxy) is 2. The lowest BCUT2D eigenvalue weighted by Gasteiger charge is -2.31. The first-order valence-corrected chi connectivity index (χ1v) is 15.6. The van der Waals surface area contributed by atoms with E-state index in [0.717, 1.165) is 11.6 Å². The topological polar surface area (TPSA) is 117 Å². The van der Waals surface area contributed by atoms with Crippen molar-refractivity contribution in [1.29, 1.82) is 0 Å². The third-order valence-electron chi connectivity index (χ3n) is 6.95. The van der Waals surface area contributed by atoms with E-state index in [9.17, 15) is 31.5 Å². The predicted octanol–water partition coefficient (Wildman–Crippen LogP) is 4.67. The molecule has 44 heavy (non-hydrogen) atoms. The average molecular weight is 636 g/mol. The molecule has 0 fully saturated rings. The molecule has 0 unspecified atom stereocenters. The molecule has 13 heteroatoms. The summed E-state index contributed by atoms with van der Waals surface area (Å²) in [5, 5.41) is 16.8. The van der Waals surface area contributed by atoms with Gasteiger partial charge >= 0.3 is 6.18 Å². The molecule has 0 bridgehead atoms. The molecule has 1 heterocycles. The van der Waals surface area contributed by atoms with Crippen molar-refractivity contribution in [3.05, 3.63) is 83.9 Å². The number of halogens is 3. The van der Waals surface area contributed by atoms with Crippen LogP contribution in [0, 0.1) is 5.92 Å². The van der Waals surface area contributed by atoms with Crippen molar-refractivity contribution < 1.29 is 41.0 Å². The fourth-order valence-corrected chi connectivity index (χ4v) is 6.46. The molecule has 3 N–H and O–H groups in total. The van der Waals surface area contributed by atoms with Gasteiger partial charge in [-0.05, 0) is 42.2 Å². The summed E-state index contributed by atoms with van der Waals surface area (Å²) in [6.45, 7) is 3.37. The van der Waals surface area contributed by atoms with E-state index in [2.05, 4.69) is 10.6 Å². The van der Waals surface area contributed by atoms with Gasteiger partial charge in [0.15, 0.2) is 11.5 Å². The van der Waals surface area contributed by atoms with Crippen molar-refractivity contribution in [2.45, 2.75) is 49.9 Å². The minimum Gasteiger partial charge on any atom is -0.454 e. The number of fused-ring (bicyclic) bond motifs is 1. The van der Waals surface area contributed by atoms with Crippen LogP contribution in [0.25, 0.3) is 0 Å². The van der Waals surface area contributed by atoms with E-state index < -0.39 is 39.8 Å². The van der Waals surface area contributed by atoms with Gasteiger partial charge in [0.25, 0.3) is 0 Å². The van der Waals surface area contributed by atoms with Crippen molar-refractivity contribution in [2.75, 3.05) is 31.7 Å². The highest BCUT2D eigenvalue weighted by atomic mass is 32.2. The normalized spacial score (nSPS) is 14.5. The van der Waals surface area contributed by atoms with Crippen molar-refractivity contribution in [3.63, 3.8) is 0 Å². The van der Waals surface area contributed by atoms with Gasteiger partial charge in [-0.1, -0.05) is 56.3 Å². The van der Waals surface area contributed by atoms with E-state index in [0.29, 0.717) is 11.5 Å². The number of hydrogen-bond donors (Lipinski definition) is 3. The number of anilines is 1. The number of alkyl halides is 3. The Morgan fingerprint density at radius 1 is 0.977 bits per heavy atom. The molecule has 0 saturated carbocycles. The number of hydrogen-bond acceptors (Lipinski definition) is 7. The Kier molecular flexibility index (Phi) is 10.8. The molecule has 9 nitrogen and oxygen atoms in total. The molecule has 0 spiro atoms. The van der Waals surface area contributed by atoms with Gasteiger partial charge in [0.05, 0.1) is 22.6 Å². The van der Waals surface area contributed by atoms with Gasteiger partial charge in [0, 0.05) is 37.8 Å². The summed E-state index contributed by atoms with van der Waals surface area (Å²) < 4.78 is 79.3. The number of nitrogens with one attached hydrogen (secondary N) is 2. The monoisotopic (exact) mass is 635 g/mol. The van der Waals surface area contributed by atoms with Crippen molar-refractivity contribution in [3.8, 4) is 11.5 Å². The van der Waals surface area contributed by atoms with Gasteiger partial charge in [0.1, 0.15) is 0 Å². The predicted molar refractivity (Wildman–Crippen MR) is 159 cm³/mol. The van der Waals surface area contributed by atoms with Crippen LogP contribution >= 0.6 is 0 Å². The molecule has 2 atom stereocenters. The first-order valence-electron chi connectivity index (χ1n) is 14.2. The average Bonchev–Trinajstić information content (AvgIpc) is 3.45. The van der Waals surface area contributed by atoms with Crippen molar-refractivity contribution in [1.82, 2.24) is 9.62 Å². The molecule has 0 radical (unpaired) electrons. The summed E-state index contributed by atoms with van der Waals surface area (Å²) in [4.78, 5) is 12.9. The zero-order chi connectivity index (χ0) is 31.9. The molecule has 0 aromatic heterocycles. The minimum absolute atomic E-state index is 0.0154. The maximum atomic E-state index is 13.7. The first kappa shape index (κ1) is 33.1. The third-order valence-corrected chi connectivity index (χ3v) is 8.78. The maximum Gasteiger partial charge on any atom is 0.418 e. The van der Waals surface area contributed by atoms with Gasteiger partial charge in [-0.3, -0.25) is 4.79 Å². The van der Waals surface area contributed by atoms with E-state index in [1.165, 1.54) is 40.7 Å². The smallest absolute Gasteiger partial charge is 0.418 e. The zero-order valence-corrected chi connectivity index (χ0v) is 25.2. The number of benzene rings is 3. The van der Waals surface area contributed by atoms with Gasteiger partial charge in [-0.2, -0.15) is 17.5 Å². The highest BCUT2D eigenvalue weighted by molar-refractivity contribution is 7.89. The zero-order valence-electron chi connectivity index (χ0n) is 24.4. The summed E-state index contributed by atoms with van der Waals surface area (Å²) in [5.74, 6) is 0.132. The Morgan fingerprint density at radius 2 is 1.66 bits per heavy atom. The summed E-state index contributed by atoms with van der Waals surface area (Å²) in [6, 6.07) is 17.5. The maximum absolute atomic E-state index is 13.7. The number of aliphatic hydroxyl groups is 1. The van der Waals surface area contributed by atoms with Gasteiger partial charge in [0.2, 0.25) is 22.7 Å². The lowest BCUT2D eigenvalue weighted by Crippen LogP contribution is -2.51. The van der Waals surface area contributed by atoms with Crippen LogP contribution in [-0.2, 0) is 27.4 Å². The number of carbonyl (C=O) groups excluding carboxylic acids is 1. The Bertz CT molecular complexity index is 1520. The second-order valence-electron chi connectivity index (χ2n) is 10.9. The number of carbonyl (C=O) groups is 1. The Morgan fingerprint density at radius 3 is 2.36 bits per heavy atom. The quantitative estimate of drug-likeness (QED) is 0.236. The Hall–Kier alpha value is -3.81. The van der Waals surface area contributed by atoms with E-state index in [1.807, 2.05) is 32.0 Å². The molecule has 1 aliphatic heterocycles. The van der Waals surface area contributed by atoms with Gasteiger partial charge in [-0.15, -0.1) is 0 Å². The lowest BCUT2D eigenvalue weighted by molar-refractivity contribution is -0.137. The number of amides is 1. The SMILES string of the molecule is CC(C)CN(C[C@@H](O)[C@H](Cc1ccccc1)NC(=O)CCNc1ccccc1C(F)(F)F)S(=O)(=O)c1ccc2c(c1)OCO2. The van der Waals surface area contributed by atoms with E-state index in [1.54, 1.807) is 12.1 Å². The minimum atomic E-state index is -4.56. The molecule has 3 aromatic rings. The third kappa shape index (κ3) is 8.64. The van der Waals surface area contributed by atoms with E-state index in [-0.39, 0.29) is 55.8 Å². The van der Waals surface area contributed by atoms with Crippen molar-refractivity contribution >= 4 is 21.6 Å². The van der Waals surface area contributed by atoms with E-state index >= 15 is 0 Å². The highest BCUT2D eigenvalue weighted by Crippen LogP contribution is 2.35. The number of para-hydroxylation sites is 1. The summed E-state index contributed by atoms with van der Waals surface area (Å²) in [5.41, 5.74) is -0.193.